The van der Waals surface area contributed by atoms with Crippen molar-refractivity contribution >= 4 is 5.91 Å². The summed E-state index contributed by atoms with van der Waals surface area (Å²) in [5.74, 6) is 1.25. The molecular formula is C20H19N3O2. The molecule has 5 nitrogen and oxygen atoms in total. The van der Waals surface area contributed by atoms with Crippen LogP contribution in [0.5, 0.6) is 0 Å². The number of aromatic nitrogens is 2. The molecule has 1 amide bonds. The number of hydrogen-bond acceptors (Lipinski definition) is 4. The molecule has 0 spiro atoms. The summed E-state index contributed by atoms with van der Waals surface area (Å²) >= 11 is 0. The van der Waals surface area contributed by atoms with E-state index in [1.54, 1.807) is 17.3 Å². The third-order valence-corrected chi connectivity index (χ3v) is 4.62. The molecule has 2 atom stereocenters. The molecule has 1 aliphatic rings. The Kier molecular flexibility index (Phi) is 4.06. The van der Waals surface area contributed by atoms with Crippen LogP contribution < -0.4 is 0 Å². The third kappa shape index (κ3) is 3.31. The average molecular weight is 333 g/mol. The highest BCUT2D eigenvalue weighted by Gasteiger charge is 2.45. The summed E-state index contributed by atoms with van der Waals surface area (Å²) in [5, 5.41) is 4.07. The molecule has 0 radical (unpaired) electrons. The Hall–Kier alpha value is -2.95. The van der Waals surface area contributed by atoms with Crippen molar-refractivity contribution in [3.05, 3.63) is 72.2 Å². The summed E-state index contributed by atoms with van der Waals surface area (Å²) in [7, 11) is 1.81. The maximum Gasteiger partial charge on any atom is 0.226 e. The van der Waals surface area contributed by atoms with E-state index in [-0.39, 0.29) is 11.8 Å². The van der Waals surface area contributed by atoms with Gasteiger partial charge in [-0.2, -0.15) is 0 Å². The summed E-state index contributed by atoms with van der Waals surface area (Å²) in [6, 6.07) is 15.9. The fourth-order valence-electron chi connectivity index (χ4n) is 3.17. The lowest BCUT2D eigenvalue weighted by molar-refractivity contribution is -0.132. The second kappa shape index (κ2) is 6.51. The normalized spacial score (nSPS) is 18.8. The van der Waals surface area contributed by atoms with Gasteiger partial charge in [-0.1, -0.05) is 35.5 Å². The first-order valence-electron chi connectivity index (χ1n) is 8.38. The molecule has 2 aromatic heterocycles. The third-order valence-electron chi connectivity index (χ3n) is 4.62. The van der Waals surface area contributed by atoms with Crippen LogP contribution >= 0.6 is 0 Å². The van der Waals surface area contributed by atoms with E-state index in [1.165, 1.54) is 5.56 Å². The minimum Gasteiger partial charge on any atom is -0.359 e. The molecule has 0 aliphatic heterocycles. The minimum atomic E-state index is 0.0770. The van der Waals surface area contributed by atoms with E-state index < -0.39 is 0 Å². The molecule has 25 heavy (non-hydrogen) atoms. The van der Waals surface area contributed by atoms with E-state index in [0.29, 0.717) is 18.2 Å². The smallest absolute Gasteiger partial charge is 0.226 e. The molecule has 5 heteroatoms. The molecule has 126 valence electrons. The van der Waals surface area contributed by atoms with E-state index in [9.17, 15) is 4.79 Å². The molecule has 1 aromatic carbocycles. The van der Waals surface area contributed by atoms with Crippen molar-refractivity contribution in [3.8, 4) is 11.3 Å². The predicted molar refractivity (Wildman–Crippen MR) is 93.5 cm³/mol. The molecule has 1 saturated carbocycles. The maximum absolute atomic E-state index is 12.6. The summed E-state index contributed by atoms with van der Waals surface area (Å²) in [5.41, 5.74) is 2.88. The molecule has 0 N–H and O–H groups in total. The van der Waals surface area contributed by atoms with Crippen molar-refractivity contribution in [3.63, 3.8) is 0 Å². The lowest BCUT2D eigenvalue weighted by atomic mass is 10.1. The highest BCUT2D eigenvalue weighted by atomic mass is 16.5. The van der Waals surface area contributed by atoms with Gasteiger partial charge in [-0.05, 0) is 30.0 Å². The van der Waals surface area contributed by atoms with Crippen LogP contribution in [0.3, 0.4) is 0 Å². The fourth-order valence-corrected chi connectivity index (χ4v) is 3.17. The number of benzene rings is 1. The van der Waals surface area contributed by atoms with Gasteiger partial charge in [-0.3, -0.25) is 9.78 Å². The van der Waals surface area contributed by atoms with Gasteiger partial charge in [0.25, 0.3) is 0 Å². The van der Waals surface area contributed by atoms with Gasteiger partial charge in [0.15, 0.2) is 5.76 Å². The number of rotatable bonds is 5. The van der Waals surface area contributed by atoms with E-state index >= 15 is 0 Å². The van der Waals surface area contributed by atoms with E-state index in [1.807, 2.05) is 43.4 Å². The number of pyridine rings is 1. The van der Waals surface area contributed by atoms with Gasteiger partial charge >= 0.3 is 0 Å². The van der Waals surface area contributed by atoms with E-state index in [2.05, 4.69) is 22.3 Å². The Labute approximate surface area is 146 Å². The average Bonchev–Trinajstić information content (AvgIpc) is 3.33. The zero-order valence-electron chi connectivity index (χ0n) is 14.0. The highest BCUT2D eigenvalue weighted by molar-refractivity contribution is 5.82. The quantitative estimate of drug-likeness (QED) is 0.717. The molecule has 4 rings (SSSR count). The maximum atomic E-state index is 12.6. The van der Waals surface area contributed by atoms with Crippen molar-refractivity contribution in [1.82, 2.24) is 15.0 Å². The standard InChI is InChI=1S/C20H19N3O2/c1-23(20(24)18-11-17(18)14-6-3-2-4-7-14)13-16-10-19(22-25-16)15-8-5-9-21-12-15/h2-10,12,17-18H,11,13H2,1H3/t17-,18+/m0/s1. The second-order valence-corrected chi connectivity index (χ2v) is 6.47. The van der Waals surface area contributed by atoms with Crippen LogP contribution in [0.4, 0.5) is 0 Å². The van der Waals surface area contributed by atoms with Gasteiger partial charge in [0.05, 0.1) is 6.54 Å². The van der Waals surface area contributed by atoms with Crippen molar-refractivity contribution in [2.24, 2.45) is 5.92 Å². The van der Waals surface area contributed by atoms with Crippen molar-refractivity contribution in [2.45, 2.75) is 18.9 Å². The molecular weight excluding hydrogens is 314 g/mol. The Morgan fingerprint density at radius 1 is 1.24 bits per heavy atom. The number of amides is 1. The largest absolute Gasteiger partial charge is 0.359 e. The zero-order chi connectivity index (χ0) is 17.2. The van der Waals surface area contributed by atoms with Crippen LogP contribution in [0.15, 0.2) is 65.4 Å². The number of carbonyl (C=O) groups excluding carboxylic acids is 1. The summed E-state index contributed by atoms with van der Waals surface area (Å²) in [4.78, 5) is 18.4. The zero-order valence-corrected chi connectivity index (χ0v) is 14.0. The second-order valence-electron chi connectivity index (χ2n) is 6.47. The van der Waals surface area contributed by atoms with E-state index in [4.69, 9.17) is 4.52 Å². The highest BCUT2D eigenvalue weighted by Crippen LogP contribution is 2.48. The van der Waals surface area contributed by atoms with Crippen molar-refractivity contribution < 1.29 is 9.32 Å². The minimum absolute atomic E-state index is 0.0770. The first-order chi connectivity index (χ1) is 12.2. The topological polar surface area (TPSA) is 59.2 Å². The van der Waals surface area contributed by atoms with Crippen LogP contribution in [0, 0.1) is 5.92 Å². The van der Waals surface area contributed by atoms with Crippen molar-refractivity contribution in [2.75, 3.05) is 7.05 Å². The summed E-state index contributed by atoms with van der Waals surface area (Å²) < 4.78 is 5.38. The summed E-state index contributed by atoms with van der Waals surface area (Å²) in [6.45, 7) is 0.421. The van der Waals surface area contributed by atoms with Gasteiger partial charge < -0.3 is 9.42 Å². The Morgan fingerprint density at radius 3 is 2.84 bits per heavy atom. The lowest BCUT2D eigenvalue weighted by Gasteiger charge is -2.15. The van der Waals surface area contributed by atoms with Crippen LogP contribution in [0.25, 0.3) is 11.3 Å². The van der Waals surface area contributed by atoms with Crippen LogP contribution in [-0.4, -0.2) is 28.0 Å². The molecule has 1 aliphatic carbocycles. The SMILES string of the molecule is CN(Cc1cc(-c2cccnc2)no1)C(=O)[C@@H]1C[C@H]1c1ccccc1. The number of nitrogens with zero attached hydrogens (tertiary/aromatic N) is 3. The van der Waals surface area contributed by atoms with Gasteiger partial charge in [-0.25, -0.2) is 0 Å². The van der Waals surface area contributed by atoms with Gasteiger partial charge in [-0.15, -0.1) is 0 Å². The first kappa shape index (κ1) is 15.6. The van der Waals surface area contributed by atoms with Gasteiger partial charge in [0, 0.05) is 37.0 Å². The lowest BCUT2D eigenvalue weighted by Crippen LogP contribution is -2.27. The molecule has 2 heterocycles. The molecule has 3 aromatic rings. The Morgan fingerprint density at radius 2 is 2.08 bits per heavy atom. The molecule has 0 unspecified atom stereocenters. The van der Waals surface area contributed by atoms with Crippen LogP contribution in [-0.2, 0) is 11.3 Å². The predicted octanol–water partition coefficient (Wildman–Crippen LogP) is 3.50. The Balaban J connectivity index is 1.39. The van der Waals surface area contributed by atoms with Crippen LogP contribution in [0.1, 0.15) is 23.7 Å². The summed E-state index contributed by atoms with van der Waals surface area (Å²) in [6.07, 6.45) is 4.38. The Bertz CT molecular complexity index is 861. The first-order valence-corrected chi connectivity index (χ1v) is 8.38. The number of carbonyl (C=O) groups is 1. The van der Waals surface area contributed by atoms with Crippen LogP contribution in [0.2, 0.25) is 0 Å². The van der Waals surface area contributed by atoms with Crippen molar-refractivity contribution in [1.29, 1.82) is 0 Å². The molecule has 1 fully saturated rings. The molecule has 0 saturated heterocycles. The number of hydrogen-bond donors (Lipinski definition) is 0. The van der Waals surface area contributed by atoms with Gasteiger partial charge in [0.1, 0.15) is 5.69 Å². The van der Waals surface area contributed by atoms with E-state index in [0.717, 1.165) is 17.7 Å². The van der Waals surface area contributed by atoms with Gasteiger partial charge in [0.2, 0.25) is 5.91 Å². The molecule has 0 bridgehead atoms. The fraction of sp³-hybridized carbons (Fsp3) is 0.250. The monoisotopic (exact) mass is 333 g/mol.